The minimum atomic E-state index is -0.162. The van der Waals surface area contributed by atoms with Gasteiger partial charge < -0.3 is 5.32 Å². The fourth-order valence-corrected chi connectivity index (χ4v) is 3.11. The van der Waals surface area contributed by atoms with Gasteiger partial charge in [-0.05, 0) is 42.6 Å². The summed E-state index contributed by atoms with van der Waals surface area (Å²) < 4.78 is 2.76. The Bertz CT molecular complexity index is 511. The smallest absolute Gasteiger partial charge is 0.325 e. The molecule has 138 valence electrons. The molecule has 2 N–H and O–H groups in total. The standard InChI is InChI=1S/C20H31N3OS/c1-2-3-4-5-6-7-8-9-10-11-16-22-20(24)23-25-19-14-12-18(17-21)13-15-19/h12-15H,2-11,16H2,1H3,(H2,22,23,24). The molecule has 0 aromatic heterocycles. The highest BCUT2D eigenvalue weighted by Crippen LogP contribution is 2.14. The molecule has 1 aromatic carbocycles. The third kappa shape index (κ3) is 11.5. The number of amides is 2. The van der Waals surface area contributed by atoms with Crippen molar-refractivity contribution in [3.8, 4) is 6.07 Å². The molecule has 0 radical (unpaired) electrons. The largest absolute Gasteiger partial charge is 0.337 e. The average Bonchev–Trinajstić information content (AvgIpc) is 2.65. The number of nitrogens with one attached hydrogen (secondary N) is 2. The molecule has 1 aromatic rings. The van der Waals surface area contributed by atoms with E-state index in [1.165, 1.54) is 69.7 Å². The van der Waals surface area contributed by atoms with Crippen LogP contribution in [0.1, 0.15) is 76.7 Å². The number of rotatable bonds is 13. The number of urea groups is 1. The lowest BCUT2D eigenvalue weighted by Gasteiger charge is -2.07. The monoisotopic (exact) mass is 361 g/mol. The van der Waals surface area contributed by atoms with Crippen LogP contribution in [0.15, 0.2) is 29.2 Å². The molecule has 0 bridgehead atoms. The Morgan fingerprint density at radius 1 is 0.960 bits per heavy atom. The summed E-state index contributed by atoms with van der Waals surface area (Å²) in [5.41, 5.74) is 0.620. The normalized spacial score (nSPS) is 10.2. The van der Waals surface area contributed by atoms with Crippen LogP contribution >= 0.6 is 11.9 Å². The zero-order chi connectivity index (χ0) is 18.2. The van der Waals surface area contributed by atoms with E-state index in [0.29, 0.717) is 5.56 Å². The number of hydrogen-bond acceptors (Lipinski definition) is 3. The number of nitriles is 1. The molecule has 2 amide bonds. The Hall–Kier alpha value is -1.67. The number of unbranched alkanes of at least 4 members (excludes halogenated alkanes) is 9. The van der Waals surface area contributed by atoms with Crippen LogP contribution in [0, 0.1) is 11.3 Å². The van der Waals surface area contributed by atoms with Gasteiger partial charge in [-0.2, -0.15) is 5.26 Å². The van der Waals surface area contributed by atoms with E-state index in [-0.39, 0.29) is 6.03 Å². The van der Waals surface area contributed by atoms with Crippen LogP contribution in [-0.4, -0.2) is 12.6 Å². The van der Waals surface area contributed by atoms with E-state index in [4.69, 9.17) is 5.26 Å². The van der Waals surface area contributed by atoms with Crippen molar-refractivity contribution in [3.05, 3.63) is 29.8 Å². The number of benzene rings is 1. The molecule has 0 aliphatic heterocycles. The van der Waals surface area contributed by atoms with Gasteiger partial charge in [0.2, 0.25) is 0 Å². The summed E-state index contributed by atoms with van der Waals surface area (Å²) in [7, 11) is 0. The first-order valence-electron chi connectivity index (χ1n) is 9.47. The molecule has 0 spiro atoms. The third-order valence-electron chi connectivity index (χ3n) is 4.06. The molecule has 5 heteroatoms. The lowest BCUT2D eigenvalue weighted by molar-refractivity contribution is 0.246. The maximum Gasteiger partial charge on any atom is 0.325 e. The van der Waals surface area contributed by atoms with Gasteiger partial charge in [-0.3, -0.25) is 4.72 Å². The molecule has 0 saturated carbocycles. The third-order valence-corrected chi connectivity index (χ3v) is 4.86. The van der Waals surface area contributed by atoms with Crippen molar-refractivity contribution >= 4 is 18.0 Å². The molecule has 1 rings (SSSR count). The van der Waals surface area contributed by atoms with Crippen molar-refractivity contribution in [2.45, 2.75) is 76.0 Å². The van der Waals surface area contributed by atoms with Gasteiger partial charge in [0.15, 0.2) is 0 Å². The van der Waals surface area contributed by atoms with Crippen LogP contribution in [0.2, 0.25) is 0 Å². The van der Waals surface area contributed by atoms with Gasteiger partial charge in [0.1, 0.15) is 0 Å². The topological polar surface area (TPSA) is 64.9 Å². The van der Waals surface area contributed by atoms with Gasteiger partial charge in [0, 0.05) is 11.4 Å². The van der Waals surface area contributed by atoms with Gasteiger partial charge in [0.25, 0.3) is 0 Å². The summed E-state index contributed by atoms with van der Waals surface area (Å²) in [6, 6.07) is 9.05. The van der Waals surface area contributed by atoms with Gasteiger partial charge in [-0.1, -0.05) is 64.7 Å². The number of hydrogen-bond donors (Lipinski definition) is 2. The Balaban J connectivity index is 1.92. The Morgan fingerprint density at radius 3 is 2.08 bits per heavy atom. The van der Waals surface area contributed by atoms with Crippen LogP contribution in [-0.2, 0) is 0 Å². The fourth-order valence-electron chi connectivity index (χ4n) is 2.55. The fraction of sp³-hybridized carbons (Fsp3) is 0.600. The van der Waals surface area contributed by atoms with Crippen LogP contribution in [0.3, 0.4) is 0 Å². The van der Waals surface area contributed by atoms with E-state index < -0.39 is 0 Å². The first-order chi connectivity index (χ1) is 12.3. The minimum Gasteiger partial charge on any atom is -0.337 e. The zero-order valence-corrected chi connectivity index (χ0v) is 16.2. The van der Waals surface area contributed by atoms with Crippen LogP contribution in [0.25, 0.3) is 0 Å². The second kappa shape index (κ2) is 14.7. The summed E-state index contributed by atoms with van der Waals surface area (Å²) in [4.78, 5) is 12.6. The molecule has 4 nitrogen and oxygen atoms in total. The molecule has 0 saturated heterocycles. The van der Waals surface area contributed by atoms with Gasteiger partial charge >= 0.3 is 6.03 Å². The second-order valence-electron chi connectivity index (χ2n) is 6.28. The van der Waals surface area contributed by atoms with E-state index in [9.17, 15) is 4.79 Å². The highest BCUT2D eigenvalue weighted by molar-refractivity contribution is 7.98. The number of carbonyl (C=O) groups is 1. The molecule has 0 heterocycles. The lowest BCUT2D eigenvalue weighted by atomic mass is 10.1. The van der Waals surface area contributed by atoms with Crippen molar-refractivity contribution < 1.29 is 4.79 Å². The van der Waals surface area contributed by atoms with E-state index in [0.717, 1.165) is 17.9 Å². The molecular weight excluding hydrogens is 330 g/mol. The first-order valence-corrected chi connectivity index (χ1v) is 10.3. The van der Waals surface area contributed by atoms with Crippen molar-refractivity contribution in [3.63, 3.8) is 0 Å². The highest BCUT2D eigenvalue weighted by Gasteiger charge is 2.01. The van der Waals surface area contributed by atoms with Gasteiger partial charge in [0.05, 0.1) is 11.6 Å². The number of carbonyl (C=O) groups excluding carboxylic acids is 1. The summed E-state index contributed by atoms with van der Waals surface area (Å²) >= 11 is 1.26. The Morgan fingerprint density at radius 2 is 1.52 bits per heavy atom. The van der Waals surface area contributed by atoms with E-state index in [1.54, 1.807) is 12.1 Å². The maximum atomic E-state index is 11.7. The van der Waals surface area contributed by atoms with Gasteiger partial charge in [-0.25, -0.2) is 4.79 Å². The van der Waals surface area contributed by atoms with Crippen LogP contribution in [0.4, 0.5) is 4.79 Å². The molecule has 25 heavy (non-hydrogen) atoms. The average molecular weight is 362 g/mol. The van der Waals surface area contributed by atoms with E-state index in [1.807, 2.05) is 12.1 Å². The van der Waals surface area contributed by atoms with Gasteiger partial charge in [-0.15, -0.1) is 0 Å². The van der Waals surface area contributed by atoms with Crippen molar-refractivity contribution in [2.75, 3.05) is 6.54 Å². The SMILES string of the molecule is CCCCCCCCCCCCNC(=O)NSc1ccc(C#N)cc1. The summed E-state index contributed by atoms with van der Waals surface area (Å²) in [5, 5.41) is 11.6. The second-order valence-corrected chi connectivity index (χ2v) is 7.16. The molecular formula is C20H31N3OS. The first kappa shape index (κ1) is 21.4. The summed E-state index contributed by atoms with van der Waals surface area (Å²) in [5.74, 6) is 0. The molecule has 0 atom stereocenters. The lowest BCUT2D eigenvalue weighted by Crippen LogP contribution is -2.31. The minimum absolute atomic E-state index is 0.162. The predicted molar refractivity (Wildman–Crippen MR) is 105 cm³/mol. The van der Waals surface area contributed by atoms with Crippen molar-refractivity contribution in [2.24, 2.45) is 0 Å². The van der Waals surface area contributed by atoms with Crippen molar-refractivity contribution in [1.29, 1.82) is 5.26 Å². The van der Waals surface area contributed by atoms with E-state index in [2.05, 4.69) is 23.0 Å². The highest BCUT2D eigenvalue weighted by atomic mass is 32.2. The van der Waals surface area contributed by atoms with Crippen LogP contribution in [0.5, 0.6) is 0 Å². The molecule has 0 aliphatic rings. The van der Waals surface area contributed by atoms with Crippen molar-refractivity contribution in [1.82, 2.24) is 10.0 Å². The summed E-state index contributed by atoms with van der Waals surface area (Å²) in [6.45, 7) is 2.97. The molecule has 0 fully saturated rings. The zero-order valence-electron chi connectivity index (χ0n) is 15.4. The Labute approximate surface area is 156 Å². The van der Waals surface area contributed by atoms with Crippen LogP contribution < -0.4 is 10.0 Å². The number of nitrogens with zero attached hydrogens (tertiary/aromatic N) is 1. The maximum absolute atomic E-state index is 11.7. The Kier molecular flexibility index (Phi) is 12.5. The molecule has 0 aliphatic carbocycles. The molecule has 0 unspecified atom stereocenters. The predicted octanol–water partition coefficient (Wildman–Crippen LogP) is 5.79. The summed E-state index contributed by atoms with van der Waals surface area (Å²) in [6.07, 6.45) is 12.9. The quantitative estimate of drug-likeness (QED) is 0.345. The van der Waals surface area contributed by atoms with E-state index >= 15 is 0 Å².